The maximum atomic E-state index is 13.0. The van der Waals surface area contributed by atoms with Crippen LogP contribution in [0.15, 0.2) is 41.3 Å². The number of carbonyl (C=O) groups is 3. The number of anilines is 1. The molecule has 0 aliphatic carbocycles. The quantitative estimate of drug-likeness (QED) is 0.527. The summed E-state index contributed by atoms with van der Waals surface area (Å²) in [5.74, 6) is -0.691. The van der Waals surface area contributed by atoms with Gasteiger partial charge in [0.05, 0.1) is 4.91 Å². The average Bonchev–Trinajstić information content (AvgIpc) is 2.96. The minimum Gasteiger partial charge on any atom is -0.507 e. The molecule has 2 N–H and O–H groups in total. The number of phenolic OH excluding ortho intramolecular Hbond substituents is 1. The first-order valence-corrected chi connectivity index (χ1v) is 12.0. The van der Waals surface area contributed by atoms with Gasteiger partial charge in [-0.3, -0.25) is 19.3 Å². The number of amides is 3. The van der Waals surface area contributed by atoms with E-state index in [1.807, 2.05) is 72.7 Å². The van der Waals surface area contributed by atoms with Crippen molar-refractivity contribution in [2.45, 2.75) is 59.3 Å². The number of hydrogen-bond acceptors (Lipinski definition) is 5. The van der Waals surface area contributed by atoms with E-state index in [1.54, 1.807) is 18.2 Å². The lowest BCUT2D eigenvalue weighted by Crippen LogP contribution is -2.36. The lowest BCUT2D eigenvalue weighted by Gasteiger charge is -2.28. The number of aromatic hydroxyl groups is 1. The summed E-state index contributed by atoms with van der Waals surface area (Å²) in [5.41, 5.74) is 3.15. The molecule has 6 nitrogen and oxygen atoms in total. The third-order valence-corrected chi connectivity index (χ3v) is 6.55. The van der Waals surface area contributed by atoms with E-state index in [-0.39, 0.29) is 28.0 Å². The maximum Gasteiger partial charge on any atom is 0.294 e. The van der Waals surface area contributed by atoms with Crippen LogP contribution in [0.2, 0.25) is 0 Å². The van der Waals surface area contributed by atoms with Gasteiger partial charge in [-0.2, -0.15) is 0 Å². The fraction of sp³-hybridized carbons (Fsp3) is 0.370. The van der Waals surface area contributed by atoms with Gasteiger partial charge in [-0.25, -0.2) is 0 Å². The Balaban J connectivity index is 1.89. The van der Waals surface area contributed by atoms with E-state index in [0.29, 0.717) is 5.69 Å². The van der Waals surface area contributed by atoms with Crippen LogP contribution in [0.5, 0.6) is 5.75 Å². The predicted molar refractivity (Wildman–Crippen MR) is 138 cm³/mol. The molecule has 34 heavy (non-hydrogen) atoms. The highest BCUT2D eigenvalue weighted by molar-refractivity contribution is 8.18. The fourth-order valence-electron chi connectivity index (χ4n) is 3.72. The molecule has 0 bridgehead atoms. The number of hydrogen-bond donors (Lipinski definition) is 2. The van der Waals surface area contributed by atoms with E-state index in [0.717, 1.165) is 38.9 Å². The smallest absolute Gasteiger partial charge is 0.294 e. The van der Waals surface area contributed by atoms with Crippen molar-refractivity contribution in [3.05, 3.63) is 63.6 Å². The highest BCUT2D eigenvalue weighted by Crippen LogP contribution is 2.41. The third-order valence-electron chi connectivity index (χ3n) is 5.64. The van der Waals surface area contributed by atoms with E-state index in [1.165, 1.54) is 0 Å². The SMILES string of the molecule is Cc1ccccc1NC(=O)CN1C(=O)S/C(=C\c2cc(C(C)(C)C)c(O)c(C(C)(C)C)c2)C1=O. The standard InChI is InChI=1S/C27H32N2O4S/c1-16-10-8-9-11-20(16)28-22(30)15-29-24(32)21(34-25(29)33)14-17-12-18(26(2,3)4)23(31)19(13-17)27(5,6)7/h8-14,31H,15H2,1-7H3,(H,28,30)/b21-14-. The fourth-order valence-corrected chi connectivity index (χ4v) is 4.56. The van der Waals surface area contributed by atoms with Gasteiger partial charge in [0.1, 0.15) is 12.3 Å². The number of para-hydroxylation sites is 1. The van der Waals surface area contributed by atoms with Crippen molar-refractivity contribution >= 4 is 40.6 Å². The molecular weight excluding hydrogens is 448 g/mol. The van der Waals surface area contributed by atoms with Crippen molar-refractivity contribution in [3.63, 3.8) is 0 Å². The van der Waals surface area contributed by atoms with E-state index in [4.69, 9.17) is 0 Å². The van der Waals surface area contributed by atoms with Crippen LogP contribution in [-0.2, 0) is 20.4 Å². The molecule has 0 radical (unpaired) electrons. The van der Waals surface area contributed by atoms with Crippen molar-refractivity contribution in [1.29, 1.82) is 0 Å². The molecule has 2 aromatic rings. The summed E-state index contributed by atoms with van der Waals surface area (Å²) in [4.78, 5) is 39.3. The molecule has 1 heterocycles. The molecule has 3 rings (SSSR count). The molecule has 180 valence electrons. The Kier molecular flexibility index (Phi) is 6.99. The summed E-state index contributed by atoms with van der Waals surface area (Å²) in [6.45, 7) is 13.6. The maximum absolute atomic E-state index is 13.0. The second kappa shape index (κ2) is 9.29. The molecule has 2 aromatic carbocycles. The molecule has 7 heteroatoms. The molecule has 0 aromatic heterocycles. The van der Waals surface area contributed by atoms with E-state index in [2.05, 4.69) is 5.32 Å². The van der Waals surface area contributed by atoms with E-state index in [9.17, 15) is 19.5 Å². The summed E-state index contributed by atoms with van der Waals surface area (Å²) in [6.07, 6.45) is 1.66. The highest BCUT2D eigenvalue weighted by Gasteiger charge is 2.36. The summed E-state index contributed by atoms with van der Waals surface area (Å²) < 4.78 is 0. The molecule has 1 aliphatic heterocycles. The van der Waals surface area contributed by atoms with Crippen molar-refractivity contribution in [1.82, 2.24) is 4.90 Å². The van der Waals surface area contributed by atoms with Crippen LogP contribution in [0.4, 0.5) is 10.5 Å². The lowest BCUT2D eigenvalue weighted by molar-refractivity contribution is -0.127. The third kappa shape index (κ3) is 5.53. The van der Waals surface area contributed by atoms with Gasteiger partial charge in [0.25, 0.3) is 11.1 Å². The Bertz CT molecular complexity index is 1150. The van der Waals surface area contributed by atoms with E-state index >= 15 is 0 Å². The van der Waals surface area contributed by atoms with Crippen molar-refractivity contribution < 1.29 is 19.5 Å². The number of aryl methyl sites for hydroxylation is 1. The summed E-state index contributed by atoms with van der Waals surface area (Å²) in [7, 11) is 0. The van der Waals surface area contributed by atoms with Crippen LogP contribution in [0, 0.1) is 6.92 Å². The van der Waals surface area contributed by atoms with Gasteiger partial charge in [0.2, 0.25) is 5.91 Å². The number of imide groups is 1. The molecule has 0 saturated carbocycles. The van der Waals surface area contributed by atoms with Gasteiger partial charge >= 0.3 is 0 Å². The molecule has 1 saturated heterocycles. The number of phenols is 1. The first-order chi connectivity index (χ1) is 15.7. The van der Waals surface area contributed by atoms with Gasteiger partial charge in [-0.05, 0) is 64.9 Å². The van der Waals surface area contributed by atoms with Crippen LogP contribution < -0.4 is 5.32 Å². The zero-order valence-electron chi connectivity index (χ0n) is 20.8. The molecular formula is C27H32N2O4S. The Morgan fingerprint density at radius 2 is 1.59 bits per heavy atom. The summed E-state index contributed by atoms with van der Waals surface area (Å²) in [6, 6.07) is 11.0. The Labute approximate surface area is 205 Å². The first kappa shape index (κ1) is 25.6. The van der Waals surface area contributed by atoms with Crippen molar-refractivity contribution in [2.24, 2.45) is 0 Å². The molecule has 1 fully saturated rings. The Hall–Kier alpha value is -3.06. The normalized spacial score (nSPS) is 15.9. The van der Waals surface area contributed by atoms with Crippen LogP contribution >= 0.6 is 11.8 Å². The Morgan fingerprint density at radius 1 is 1.03 bits per heavy atom. The monoisotopic (exact) mass is 480 g/mol. The second-order valence-electron chi connectivity index (χ2n) is 10.6. The van der Waals surface area contributed by atoms with Crippen LogP contribution in [-0.4, -0.2) is 33.6 Å². The number of carbonyl (C=O) groups excluding carboxylic acids is 3. The van der Waals surface area contributed by atoms with Crippen molar-refractivity contribution in [3.8, 4) is 5.75 Å². The van der Waals surface area contributed by atoms with Gasteiger partial charge in [0.15, 0.2) is 0 Å². The molecule has 0 atom stereocenters. The van der Waals surface area contributed by atoms with Gasteiger partial charge in [0, 0.05) is 16.8 Å². The number of benzene rings is 2. The van der Waals surface area contributed by atoms with Gasteiger partial charge in [-0.15, -0.1) is 0 Å². The minimum absolute atomic E-state index is 0.248. The summed E-state index contributed by atoms with van der Waals surface area (Å²) in [5, 5.41) is 13.2. The lowest BCUT2D eigenvalue weighted by atomic mass is 9.78. The van der Waals surface area contributed by atoms with Gasteiger partial charge in [-0.1, -0.05) is 59.7 Å². The van der Waals surface area contributed by atoms with Gasteiger partial charge < -0.3 is 10.4 Å². The molecule has 3 amide bonds. The second-order valence-corrected chi connectivity index (χ2v) is 11.6. The average molecular weight is 481 g/mol. The van der Waals surface area contributed by atoms with Crippen LogP contribution in [0.25, 0.3) is 6.08 Å². The van der Waals surface area contributed by atoms with E-state index < -0.39 is 17.1 Å². The van der Waals surface area contributed by atoms with Crippen LogP contribution in [0.1, 0.15) is 63.8 Å². The first-order valence-electron chi connectivity index (χ1n) is 11.2. The topological polar surface area (TPSA) is 86.7 Å². The number of rotatable bonds is 4. The zero-order valence-corrected chi connectivity index (χ0v) is 21.6. The molecule has 1 aliphatic rings. The summed E-state index contributed by atoms with van der Waals surface area (Å²) >= 11 is 0.815. The number of nitrogens with one attached hydrogen (secondary N) is 1. The minimum atomic E-state index is -0.502. The highest BCUT2D eigenvalue weighted by atomic mass is 32.2. The zero-order chi connectivity index (χ0) is 25.4. The number of thioether (sulfide) groups is 1. The van der Waals surface area contributed by atoms with Crippen LogP contribution in [0.3, 0.4) is 0 Å². The molecule has 0 unspecified atom stereocenters. The Morgan fingerprint density at radius 3 is 2.12 bits per heavy atom. The van der Waals surface area contributed by atoms with Crippen molar-refractivity contribution in [2.75, 3.05) is 11.9 Å². The largest absolute Gasteiger partial charge is 0.507 e. The predicted octanol–water partition coefficient (Wildman–Crippen LogP) is 5.97. The number of nitrogens with zero attached hydrogens (tertiary/aromatic N) is 1. The molecule has 0 spiro atoms.